The Balaban J connectivity index is 1.47. The Labute approximate surface area is 141 Å². The second kappa shape index (κ2) is 7.97. The predicted octanol–water partition coefficient (Wildman–Crippen LogP) is 2.60. The fourth-order valence-corrected chi connectivity index (χ4v) is 3.11. The number of hydrogen-bond acceptors (Lipinski definition) is 3. The Morgan fingerprint density at radius 1 is 1.17 bits per heavy atom. The highest BCUT2D eigenvalue weighted by molar-refractivity contribution is 5.88. The standard InChI is InChI=1S/C18H24N4O2/c23-13-15-6-8-16(9-7-15)19-18(24)20-17-10-11-22(21-17)12-14-4-2-1-3-5-14/h1-5,10-11,15-16,23H,6-9,12-13H2,(H2,19,20,21,24). The van der Waals surface area contributed by atoms with Crippen molar-refractivity contribution in [3.63, 3.8) is 0 Å². The minimum Gasteiger partial charge on any atom is -0.396 e. The van der Waals surface area contributed by atoms with Gasteiger partial charge in [0.15, 0.2) is 5.82 Å². The molecule has 1 aliphatic carbocycles. The lowest BCUT2D eigenvalue weighted by Gasteiger charge is -2.27. The molecule has 1 fully saturated rings. The number of carbonyl (C=O) groups excluding carboxylic acids is 1. The highest BCUT2D eigenvalue weighted by atomic mass is 16.3. The van der Waals surface area contributed by atoms with Crippen molar-refractivity contribution in [2.75, 3.05) is 11.9 Å². The topological polar surface area (TPSA) is 79.2 Å². The number of urea groups is 1. The van der Waals surface area contributed by atoms with E-state index < -0.39 is 0 Å². The van der Waals surface area contributed by atoms with Gasteiger partial charge in [-0.3, -0.25) is 10.00 Å². The van der Waals surface area contributed by atoms with Gasteiger partial charge in [0.1, 0.15) is 0 Å². The molecule has 6 heteroatoms. The van der Waals surface area contributed by atoms with E-state index in [1.54, 1.807) is 10.7 Å². The zero-order chi connectivity index (χ0) is 16.8. The number of aromatic nitrogens is 2. The monoisotopic (exact) mass is 328 g/mol. The molecule has 6 nitrogen and oxygen atoms in total. The third kappa shape index (κ3) is 4.58. The highest BCUT2D eigenvalue weighted by Crippen LogP contribution is 2.23. The van der Waals surface area contributed by atoms with E-state index in [2.05, 4.69) is 15.7 Å². The van der Waals surface area contributed by atoms with E-state index in [4.69, 9.17) is 5.11 Å². The molecule has 0 bridgehead atoms. The maximum absolute atomic E-state index is 12.1. The highest BCUT2D eigenvalue weighted by Gasteiger charge is 2.21. The van der Waals surface area contributed by atoms with Crippen LogP contribution in [-0.4, -0.2) is 33.6 Å². The van der Waals surface area contributed by atoms with Crippen molar-refractivity contribution in [3.05, 3.63) is 48.2 Å². The van der Waals surface area contributed by atoms with Crippen LogP contribution < -0.4 is 10.6 Å². The van der Waals surface area contributed by atoms with Gasteiger partial charge in [0.05, 0.1) is 6.54 Å². The van der Waals surface area contributed by atoms with Gasteiger partial charge < -0.3 is 10.4 Å². The molecule has 0 unspecified atom stereocenters. The lowest BCUT2D eigenvalue weighted by Crippen LogP contribution is -2.40. The number of rotatable bonds is 5. The summed E-state index contributed by atoms with van der Waals surface area (Å²) in [7, 11) is 0. The molecule has 1 aliphatic rings. The summed E-state index contributed by atoms with van der Waals surface area (Å²) in [5, 5.41) is 19.3. The van der Waals surface area contributed by atoms with Gasteiger partial charge in [-0.15, -0.1) is 0 Å². The Hall–Kier alpha value is -2.34. The molecule has 0 atom stereocenters. The van der Waals surface area contributed by atoms with Crippen molar-refractivity contribution in [2.45, 2.75) is 38.3 Å². The Kier molecular flexibility index (Phi) is 5.48. The second-order valence-corrected chi connectivity index (χ2v) is 6.38. The summed E-state index contributed by atoms with van der Waals surface area (Å²) in [5.74, 6) is 0.937. The largest absolute Gasteiger partial charge is 0.396 e. The van der Waals surface area contributed by atoms with Gasteiger partial charge in [0.2, 0.25) is 0 Å². The molecule has 1 aromatic carbocycles. The fourth-order valence-electron chi connectivity index (χ4n) is 3.11. The molecule has 1 heterocycles. The minimum absolute atomic E-state index is 0.180. The molecular weight excluding hydrogens is 304 g/mol. The molecule has 1 saturated carbocycles. The molecule has 0 saturated heterocycles. The first-order valence-corrected chi connectivity index (χ1v) is 8.48. The van der Waals surface area contributed by atoms with Crippen molar-refractivity contribution in [1.29, 1.82) is 0 Å². The van der Waals surface area contributed by atoms with Crippen LogP contribution in [0.2, 0.25) is 0 Å². The van der Waals surface area contributed by atoms with Crippen LogP contribution in [0.15, 0.2) is 42.6 Å². The molecule has 0 radical (unpaired) electrons. The molecule has 2 amide bonds. The summed E-state index contributed by atoms with van der Waals surface area (Å²) in [4.78, 5) is 12.1. The SMILES string of the molecule is O=C(Nc1ccn(Cc2ccccc2)n1)NC1CCC(CO)CC1. The van der Waals surface area contributed by atoms with Crippen LogP contribution in [0.1, 0.15) is 31.2 Å². The Morgan fingerprint density at radius 3 is 2.62 bits per heavy atom. The molecule has 3 rings (SSSR count). The number of hydrogen-bond donors (Lipinski definition) is 3. The summed E-state index contributed by atoms with van der Waals surface area (Å²) in [5.41, 5.74) is 1.16. The van der Waals surface area contributed by atoms with Crippen LogP contribution in [0, 0.1) is 5.92 Å². The van der Waals surface area contributed by atoms with Crippen molar-refractivity contribution < 1.29 is 9.90 Å². The van der Waals surface area contributed by atoms with E-state index >= 15 is 0 Å². The number of carbonyl (C=O) groups is 1. The number of amides is 2. The lowest BCUT2D eigenvalue weighted by molar-refractivity contribution is 0.176. The summed E-state index contributed by atoms with van der Waals surface area (Å²) in [6.07, 6.45) is 5.62. The van der Waals surface area contributed by atoms with Gasteiger partial charge in [0.25, 0.3) is 0 Å². The van der Waals surface area contributed by atoms with Crippen LogP contribution in [0.4, 0.5) is 10.6 Å². The zero-order valence-electron chi connectivity index (χ0n) is 13.7. The van der Waals surface area contributed by atoms with Gasteiger partial charge in [-0.1, -0.05) is 30.3 Å². The zero-order valence-corrected chi connectivity index (χ0v) is 13.7. The van der Waals surface area contributed by atoms with Gasteiger partial charge in [-0.05, 0) is 37.2 Å². The van der Waals surface area contributed by atoms with Gasteiger partial charge in [0, 0.05) is 24.9 Å². The number of anilines is 1. The predicted molar refractivity (Wildman–Crippen MR) is 92.8 cm³/mol. The van der Waals surface area contributed by atoms with E-state index in [1.807, 2.05) is 36.5 Å². The molecule has 2 aromatic rings. The van der Waals surface area contributed by atoms with Crippen LogP contribution >= 0.6 is 0 Å². The molecular formula is C18H24N4O2. The van der Waals surface area contributed by atoms with Crippen LogP contribution in [0.5, 0.6) is 0 Å². The summed E-state index contributed by atoms with van der Waals surface area (Å²) in [6, 6.07) is 11.8. The average molecular weight is 328 g/mol. The number of nitrogens with one attached hydrogen (secondary N) is 2. The van der Waals surface area contributed by atoms with E-state index in [0.717, 1.165) is 31.2 Å². The minimum atomic E-state index is -0.215. The number of benzene rings is 1. The second-order valence-electron chi connectivity index (χ2n) is 6.38. The normalized spacial score (nSPS) is 20.5. The average Bonchev–Trinajstić information content (AvgIpc) is 3.03. The first-order valence-electron chi connectivity index (χ1n) is 8.48. The van der Waals surface area contributed by atoms with Gasteiger partial charge in [-0.25, -0.2) is 4.79 Å². The third-order valence-electron chi connectivity index (χ3n) is 4.51. The van der Waals surface area contributed by atoms with Crippen molar-refractivity contribution in [1.82, 2.24) is 15.1 Å². The molecule has 0 aliphatic heterocycles. The van der Waals surface area contributed by atoms with Gasteiger partial charge >= 0.3 is 6.03 Å². The third-order valence-corrected chi connectivity index (χ3v) is 4.51. The van der Waals surface area contributed by atoms with E-state index in [9.17, 15) is 4.79 Å². The van der Waals surface area contributed by atoms with E-state index in [-0.39, 0.29) is 18.7 Å². The first kappa shape index (κ1) is 16.5. The van der Waals surface area contributed by atoms with E-state index in [0.29, 0.717) is 18.3 Å². The van der Waals surface area contributed by atoms with Crippen molar-refractivity contribution in [3.8, 4) is 0 Å². The quantitative estimate of drug-likeness (QED) is 0.789. The van der Waals surface area contributed by atoms with Crippen LogP contribution in [-0.2, 0) is 6.54 Å². The lowest BCUT2D eigenvalue weighted by atomic mass is 9.87. The summed E-state index contributed by atoms with van der Waals surface area (Å²) in [6.45, 7) is 0.924. The number of aliphatic hydroxyl groups is 1. The Morgan fingerprint density at radius 2 is 1.92 bits per heavy atom. The smallest absolute Gasteiger partial charge is 0.320 e. The van der Waals surface area contributed by atoms with Crippen LogP contribution in [0.25, 0.3) is 0 Å². The van der Waals surface area contributed by atoms with E-state index in [1.165, 1.54) is 0 Å². The molecule has 0 spiro atoms. The van der Waals surface area contributed by atoms with Crippen LogP contribution in [0.3, 0.4) is 0 Å². The molecule has 24 heavy (non-hydrogen) atoms. The summed E-state index contributed by atoms with van der Waals surface area (Å²) >= 11 is 0. The number of aliphatic hydroxyl groups excluding tert-OH is 1. The number of nitrogens with zero attached hydrogens (tertiary/aromatic N) is 2. The first-order chi connectivity index (χ1) is 11.7. The van der Waals surface area contributed by atoms with Gasteiger partial charge in [-0.2, -0.15) is 5.10 Å². The van der Waals surface area contributed by atoms with Crippen molar-refractivity contribution in [2.24, 2.45) is 5.92 Å². The fraction of sp³-hybridized carbons (Fsp3) is 0.444. The summed E-state index contributed by atoms with van der Waals surface area (Å²) < 4.78 is 1.80. The molecule has 128 valence electrons. The molecule has 1 aromatic heterocycles. The maximum Gasteiger partial charge on any atom is 0.320 e. The maximum atomic E-state index is 12.1. The Bertz CT molecular complexity index is 648. The molecule has 3 N–H and O–H groups in total. The van der Waals surface area contributed by atoms with Crippen molar-refractivity contribution >= 4 is 11.8 Å².